The first-order valence-electron chi connectivity index (χ1n) is 7.51. The highest BCUT2D eigenvalue weighted by molar-refractivity contribution is 6.31. The van der Waals surface area contributed by atoms with Crippen LogP contribution in [0.1, 0.15) is 18.9 Å². The highest BCUT2D eigenvalue weighted by Crippen LogP contribution is 2.23. The van der Waals surface area contributed by atoms with Crippen LogP contribution in [-0.4, -0.2) is 56.2 Å². The molecule has 4 heteroatoms. The summed E-state index contributed by atoms with van der Waals surface area (Å²) in [5, 5.41) is 0.823. The molecule has 1 saturated heterocycles. The van der Waals surface area contributed by atoms with Gasteiger partial charge in [0.15, 0.2) is 0 Å². The number of hydrogen-bond donors (Lipinski definition) is 0. The summed E-state index contributed by atoms with van der Waals surface area (Å²) < 4.78 is 5.81. The zero-order chi connectivity index (χ0) is 14.4. The maximum Gasteiger partial charge on any atom is 0.120 e. The molecule has 0 aromatic heterocycles. The minimum Gasteiger partial charge on any atom is -0.492 e. The number of halogens is 1. The van der Waals surface area contributed by atoms with Gasteiger partial charge in [0.25, 0.3) is 0 Å². The van der Waals surface area contributed by atoms with Crippen molar-refractivity contribution in [1.29, 1.82) is 0 Å². The van der Waals surface area contributed by atoms with Crippen LogP contribution in [0.15, 0.2) is 18.2 Å². The Bertz CT molecular complexity index is 417. The molecule has 1 aromatic rings. The Hall–Kier alpha value is -0.770. The van der Waals surface area contributed by atoms with E-state index in [1.807, 2.05) is 12.1 Å². The van der Waals surface area contributed by atoms with Crippen LogP contribution in [0.3, 0.4) is 0 Å². The first-order chi connectivity index (χ1) is 9.69. The molecule has 0 N–H and O–H groups in total. The number of nitrogens with zero attached hydrogens (tertiary/aromatic N) is 2. The van der Waals surface area contributed by atoms with Gasteiger partial charge in [-0.15, -0.1) is 0 Å². The molecule has 1 heterocycles. The maximum absolute atomic E-state index is 6.26. The van der Waals surface area contributed by atoms with Crippen molar-refractivity contribution in [2.45, 2.75) is 19.8 Å². The lowest BCUT2D eigenvalue weighted by Crippen LogP contribution is -2.45. The monoisotopic (exact) mass is 296 g/mol. The number of ether oxygens (including phenoxy) is 1. The van der Waals surface area contributed by atoms with E-state index in [1.54, 1.807) is 0 Å². The molecule has 1 aromatic carbocycles. The molecule has 0 bridgehead atoms. The van der Waals surface area contributed by atoms with Gasteiger partial charge in [0.1, 0.15) is 12.4 Å². The Morgan fingerprint density at radius 3 is 2.60 bits per heavy atom. The van der Waals surface area contributed by atoms with E-state index >= 15 is 0 Å². The van der Waals surface area contributed by atoms with Gasteiger partial charge >= 0.3 is 0 Å². The second-order valence-electron chi connectivity index (χ2n) is 5.50. The van der Waals surface area contributed by atoms with E-state index in [9.17, 15) is 0 Å². The summed E-state index contributed by atoms with van der Waals surface area (Å²) in [6.45, 7) is 8.45. The fourth-order valence-electron chi connectivity index (χ4n) is 2.45. The molecule has 1 aliphatic rings. The van der Waals surface area contributed by atoms with Crippen LogP contribution in [0.4, 0.5) is 0 Å². The minimum atomic E-state index is 0.729. The lowest BCUT2D eigenvalue weighted by molar-refractivity contribution is 0.134. The van der Waals surface area contributed by atoms with Gasteiger partial charge in [-0.3, -0.25) is 4.90 Å². The Balaban J connectivity index is 1.75. The van der Waals surface area contributed by atoms with Crippen LogP contribution in [0.5, 0.6) is 5.75 Å². The molecule has 20 heavy (non-hydrogen) atoms. The molecule has 0 aliphatic carbocycles. The van der Waals surface area contributed by atoms with Crippen molar-refractivity contribution in [2.24, 2.45) is 0 Å². The van der Waals surface area contributed by atoms with Gasteiger partial charge in [-0.05, 0) is 31.2 Å². The minimum absolute atomic E-state index is 0.729. The molecular formula is C16H25ClN2O. The Morgan fingerprint density at radius 1 is 1.20 bits per heavy atom. The molecule has 0 amide bonds. The summed E-state index contributed by atoms with van der Waals surface area (Å²) >= 11 is 6.26. The fourth-order valence-corrected chi connectivity index (χ4v) is 2.72. The predicted molar refractivity (Wildman–Crippen MR) is 84.9 cm³/mol. The third kappa shape index (κ3) is 4.65. The van der Waals surface area contributed by atoms with Gasteiger partial charge in [-0.25, -0.2) is 0 Å². The molecule has 0 spiro atoms. The SMILES string of the molecule is CCCc1ccc(OCCN2CCN(C)CC2)cc1Cl. The van der Waals surface area contributed by atoms with E-state index in [0.717, 1.165) is 62.9 Å². The smallest absolute Gasteiger partial charge is 0.120 e. The summed E-state index contributed by atoms with van der Waals surface area (Å²) in [6, 6.07) is 6.05. The standard InChI is InChI=1S/C16H25ClN2O/c1-3-4-14-5-6-15(13-16(14)17)20-12-11-19-9-7-18(2)8-10-19/h5-6,13H,3-4,7-12H2,1-2H3. The summed E-state index contributed by atoms with van der Waals surface area (Å²) in [7, 11) is 2.17. The average molecular weight is 297 g/mol. The molecule has 0 atom stereocenters. The topological polar surface area (TPSA) is 15.7 Å². The Kier molecular flexibility index (Phi) is 6.14. The van der Waals surface area contributed by atoms with Crippen molar-refractivity contribution in [3.8, 4) is 5.75 Å². The van der Waals surface area contributed by atoms with Crippen LogP contribution in [0.25, 0.3) is 0 Å². The summed E-state index contributed by atoms with van der Waals surface area (Å²) in [4.78, 5) is 4.82. The molecule has 0 radical (unpaired) electrons. The van der Waals surface area contributed by atoms with Crippen LogP contribution >= 0.6 is 11.6 Å². The third-order valence-corrected chi connectivity index (χ3v) is 4.17. The quantitative estimate of drug-likeness (QED) is 0.803. The lowest BCUT2D eigenvalue weighted by Gasteiger charge is -2.32. The number of aryl methyl sites for hydroxylation is 1. The first kappa shape index (κ1) is 15.6. The van der Waals surface area contributed by atoms with Crippen LogP contribution in [-0.2, 0) is 6.42 Å². The largest absolute Gasteiger partial charge is 0.492 e. The van der Waals surface area contributed by atoms with Crippen molar-refractivity contribution < 1.29 is 4.74 Å². The van der Waals surface area contributed by atoms with Gasteiger partial charge in [0.2, 0.25) is 0 Å². The van der Waals surface area contributed by atoms with Crippen LogP contribution in [0, 0.1) is 0 Å². The molecule has 1 fully saturated rings. The second kappa shape index (κ2) is 7.87. The van der Waals surface area contributed by atoms with Crippen molar-refractivity contribution in [2.75, 3.05) is 46.4 Å². The number of benzene rings is 1. The van der Waals surface area contributed by atoms with Crippen LogP contribution in [0.2, 0.25) is 5.02 Å². The molecule has 0 saturated carbocycles. The zero-order valence-corrected chi connectivity index (χ0v) is 13.3. The van der Waals surface area contributed by atoms with Gasteiger partial charge in [-0.1, -0.05) is 31.0 Å². The third-order valence-electron chi connectivity index (χ3n) is 3.82. The predicted octanol–water partition coefficient (Wildman–Crippen LogP) is 2.92. The van der Waals surface area contributed by atoms with E-state index in [1.165, 1.54) is 5.56 Å². The maximum atomic E-state index is 6.26. The molecule has 0 unspecified atom stereocenters. The molecular weight excluding hydrogens is 272 g/mol. The zero-order valence-electron chi connectivity index (χ0n) is 12.6. The van der Waals surface area contributed by atoms with E-state index in [0.29, 0.717) is 0 Å². The molecule has 3 nitrogen and oxygen atoms in total. The van der Waals surface area contributed by atoms with Crippen molar-refractivity contribution >= 4 is 11.6 Å². The van der Waals surface area contributed by atoms with Gasteiger partial charge in [0.05, 0.1) is 0 Å². The molecule has 2 rings (SSSR count). The van der Waals surface area contributed by atoms with Crippen molar-refractivity contribution in [1.82, 2.24) is 9.80 Å². The van der Waals surface area contributed by atoms with Gasteiger partial charge in [-0.2, -0.15) is 0 Å². The summed E-state index contributed by atoms with van der Waals surface area (Å²) in [6.07, 6.45) is 2.14. The van der Waals surface area contributed by atoms with E-state index in [-0.39, 0.29) is 0 Å². The number of hydrogen-bond acceptors (Lipinski definition) is 3. The number of rotatable bonds is 6. The highest BCUT2D eigenvalue weighted by atomic mass is 35.5. The van der Waals surface area contributed by atoms with E-state index < -0.39 is 0 Å². The second-order valence-corrected chi connectivity index (χ2v) is 5.90. The Labute approximate surface area is 127 Å². The molecule has 112 valence electrons. The number of likely N-dealkylation sites (N-methyl/N-ethyl adjacent to an activating group) is 1. The Morgan fingerprint density at radius 2 is 1.95 bits per heavy atom. The fraction of sp³-hybridized carbons (Fsp3) is 0.625. The van der Waals surface area contributed by atoms with Crippen molar-refractivity contribution in [3.63, 3.8) is 0 Å². The highest BCUT2D eigenvalue weighted by Gasteiger charge is 2.13. The summed E-state index contributed by atoms with van der Waals surface area (Å²) in [5.41, 5.74) is 1.21. The van der Waals surface area contributed by atoms with Gasteiger partial charge in [0, 0.05) is 37.7 Å². The first-order valence-corrected chi connectivity index (χ1v) is 7.89. The van der Waals surface area contributed by atoms with Crippen molar-refractivity contribution in [3.05, 3.63) is 28.8 Å². The lowest BCUT2D eigenvalue weighted by atomic mass is 10.1. The average Bonchev–Trinajstić information content (AvgIpc) is 2.44. The normalized spacial score (nSPS) is 17.4. The van der Waals surface area contributed by atoms with E-state index in [4.69, 9.17) is 16.3 Å². The van der Waals surface area contributed by atoms with Crippen LogP contribution < -0.4 is 4.74 Å². The van der Waals surface area contributed by atoms with Gasteiger partial charge < -0.3 is 9.64 Å². The van der Waals surface area contributed by atoms with E-state index in [2.05, 4.69) is 29.8 Å². The number of piperazine rings is 1. The molecule has 1 aliphatic heterocycles. The summed E-state index contributed by atoms with van der Waals surface area (Å²) in [5.74, 6) is 0.879.